The van der Waals surface area contributed by atoms with Gasteiger partial charge in [-0.1, -0.05) is 6.07 Å². The van der Waals surface area contributed by atoms with E-state index in [1.54, 1.807) is 26.4 Å². The lowest BCUT2D eigenvalue weighted by molar-refractivity contribution is 0.469. The van der Waals surface area contributed by atoms with Gasteiger partial charge in [-0.2, -0.15) is 4.31 Å². The Labute approximate surface area is 117 Å². The zero-order chi connectivity index (χ0) is 13.9. The molecule has 19 heavy (non-hydrogen) atoms. The number of rotatable bonds is 5. The SMILES string of the molecule is CNc1ccncc1S(=O)(=O)N(C)Cc1cccs1. The molecule has 0 aliphatic rings. The summed E-state index contributed by atoms with van der Waals surface area (Å²) in [4.78, 5) is 5.09. The lowest BCUT2D eigenvalue weighted by atomic mass is 10.4. The summed E-state index contributed by atoms with van der Waals surface area (Å²) < 4.78 is 26.3. The summed E-state index contributed by atoms with van der Waals surface area (Å²) in [6.45, 7) is 0.359. The molecule has 2 rings (SSSR count). The van der Waals surface area contributed by atoms with Gasteiger partial charge in [0.1, 0.15) is 4.90 Å². The van der Waals surface area contributed by atoms with Crippen LogP contribution in [0.4, 0.5) is 5.69 Å². The second-order valence-electron chi connectivity index (χ2n) is 3.96. The van der Waals surface area contributed by atoms with Gasteiger partial charge in [0.2, 0.25) is 10.0 Å². The van der Waals surface area contributed by atoms with Gasteiger partial charge in [-0.15, -0.1) is 11.3 Å². The first-order valence-electron chi connectivity index (χ1n) is 5.66. The van der Waals surface area contributed by atoms with Crippen LogP contribution in [0, 0.1) is 0 Å². The largest absolute Gasteiger partial charge is 0.387 e. The average molecular weight is 297 g/mol. The highest BCUT2D eigenvalue weighted by Gasteiger charge is 2.24. The van der Waals surface area contributed by atoms with Crippen LogP contribution in [0.2, 0.25) is 0 Å². The summed E-state index contributed by atoms with van der Waals surface area (Å²) in [6.07, 6.45) is 2.93. The average Bonchev–Trinajstić information content (AvgIpc) is 2.91. The molecular weight excluding hydrogens is 282 g/mol. The second kappa shape index (κ2) is 5.68. The van der Waals surface area contributed by atoms with Crippen molar-refractivity contribution in [2.45, 2.75) is 11.4 Å². The van der Waals surface area contributed by atoms with Crippen LogP contribution in [0.3, 0.4) is 0 Å². The van der Waals surface area contributed by atoms with E-state index in [4.69, 9.17) is 0 Å². The van der Waals surface area contributed by atoms with Gasteiger partial charge < -0.3 is 5.32 Å². The predicted octanol–water partition coefficient (Wildman–Crippen LogP) is 2.01. The van der Waals surface area contributed by atoms with E-state index in [9.17, 15) is 8.42 Å². The van der Waals surface area contributed by atoms with Crippen LogP contribution in [-0.4, -0.2) is 31.8 Å². The van der Waals surface area contributed by atoms with E-state index in [1.807, 2.05) is 17.5 Å². The maximum absolute atomic E-state index is 12.5. The molecule has 5 nitrogen and oxygen atoms in total. The van der Waals surface area contributed by atoms with Crippen LogP contribution >= 0.6 is 11.3 Å². The zero-order valence-electron chi connectivity index (χ0n) is 10.7. The first-order valence-corrected chi connectivity index (χ1v) is 7.98. The highest BCUT2D eigenvalue weighted by molar-refractivity contribution is 7.89. The number of hydrogen-bond donors (Lipinski definition) is 1. The maximum atomic E-state index is 12.5. The molecule has 0 saturated heterocycles. The Morgan fingerprint density at radius 1 is 1.42 bits per heavy atom. The van der Waals surface area contributed by atoms with E-state index in [0.29, 0.717) is 12.2 Å². The number of hydrogen-bond acceptors (Lipinski definition) is 5. The predicted molar refractivity (Wildman–Crippen MR) is 76.8 cm³/mol. The number of thiophene rings is 1. The van der Waals surface area contributed by atoms with Crippen LogP contribution in [0.5, 0.6) is 0 Å². The molecule has 102 valence electrons. The standard InChI is InChI=1S/C12H15N3O2S2/c1-13-11-5-6-14-8-12(11)19(16,17)15(2)9-10-4-3-7-18-10/h3-8H,9H2,1-2H3,(H,13,14). The van der Waals surface area contributed by atoms with E-state index in [0.717, 1.165) is 4.88 Å². The molecule has 0 aromatic carbocycles. The molecule has 0 aliphatic heterocycles. The van der Waals surface area contributed by atoms with Crippen molar-refractivity contribution in [3.8, 4) is 0 Å². The first-order chi connectivity index (χ1) is 9.05. The van der Waals surface area contributed by atoms with Crippen molar-refractivity contribution in [3.05, 3.63) is 40.8 Å². The fourth-order valence-electron chi connectivity index (χ4n) is 1.67. The minimum atomic E-state index is -3.54. The van der Waals surface area contributed by atoms with Gasteiger partial charge in [0, 0.05) is 37.9 Å². The summed E-state index contributed by atoms with van der Waals surface area (Å²) >= 11 is 1.54. The third-order valence-electron chi connectivity index (χ3n) is 2.70. The van der Waals surface area contributed by atoms with Crippen LogP contribution in [0.1, 0.15) is 4.88 Å². The highest BCUT2D eigenvalue weighted by atomic mass is 32.2. The van der Waals surface area contributed by atoms with Crippen molar-refractivity contribution >= 4 is 27.0 Å². The smallest absolute Gasteiger partial charge is 0.246 e. The summed E-state index contributed by atoms with van der Waals surface area (Å²) in [7, 11) is -0.284. The maximum Gasteiger partial charge on any atom is 0.246 e. The molecule has 0 amide bonds. The molecular formula is C12H15N3O2S2. The molecule has 0 bridgehead atoms. The minimum Gasteiger partial charge on any atom is -0.387 e. The van der Waals surface area contributed by atoms with Crippen molar-refractivity contribution in [1.82, 2.24) is 9.29 Å². The van der Waals surface area contributed by atoms with E-state index in [2.05, 4.69) is 10.3 Å². The number of aromatic nitrogens is 1. The number of nitrogens with zero attached hydrogens (tertiary/aromatic N) is 2. The molecule has 0 atom stereocenters. The van der Waals surface area contributed by atoms with Gasteiger partial charge in [-0.3, -0.25) is 4.98 Å². The van der Waals surface area contributed by atoms with Crippen molar-refractivity contribution in [3.63, 3.8) is 0 Å². The minimum absolute atomic E-state index is 0.191. The molecule has 0 fully saturated rings. The number of pyridine rings is 1. The van der Waals surface area contributed by atoms with Crippen LogP contribution < -0.4 is 5.32 Å². The van der Waals surface area contributed by atoms with Gasteiger partial charge in [0.25, 0.3) is 0 Å². The fourth-order valence-corrected chi connectivity index (χ4v) is 3.79. The normalized spacial score (nSPS) is 11.7. The van der Waals surface area contributed by atoms with E-state index < -0.39 is 10.0 Å². The zero-order valence-corrected chi connectivity index (χ0v) is 12.3. The van der Waals surface area contributed by atoms with Crippen LogP contribution in [-0.2, 0) is 16.6 Å². The molecule has 1 N–H and O–H groups in total. The summed E-state index contributed by atoms with van der Waals surface area (Å²) in [5, 5.41) is 4.80. The molecule has 2 heterocycles. The quantitative estimate of drug-likeness (QED) is 0.917. The Balaban J connectivity index is 2.31. The second-order valence-corrected chi connectivity index (χ2v) is 7.01. The van der Waals surface area contributed by atoms with E-state index in [-0.39, 0.29) is 4.90 Å². The third kappa shape index (κ3) is 2.94. The molecule has 2 aromatic heterocycles. The van der Waals surface area contributed by atoms with Gasteiger partial charge in [-0.05, 0) is 17.5 Å². The topological polar surface area (TPSA) is 62.3 Å². The Bertz CT molecular complexity index is 639. The van der Waals surface area contributed by atoms with Crippen molar-refractivity contribution in [2.24, 2.45) is 0 Å². The van der Waals surface area contributed by atoms with Gasteiger partial charge in [0.15, 0.2) is 0 Å². The van der Waals surface area contributed by atoms with Crippen molar-refractivity contribution in [1.29, 1.82) is 0 Å². The molecule has 0 radical (unpaired) electrons. The monoisotopic (exact) mass is 297 g/mol. The fraction of sp³-hybridized carbons (Fsp3) is 0.250. The lowest BCUT2D eigenvalue weighted by Gasteiger charge is -2.18. The molecule has 0 saturated carbocycles. The Morgan fingerprint density at radius 2 is 2.21 bits per heavy atom. The molecule has 0 spiro atoms. The summed E-state index contributed by atoms with van der Waals surface area (Å²) in [5.41, 5.74) is 0.549. The van der Waals surface area contributed by atoms with E-state index >= 15 is 0 Å². The number of nitrogens with one attached hydrogen (secondary N) is 1. The van der Waals surface area contributed by atoms with Gasteiger partial charge >= 0.3 is 0 Å². The van der Waals surface area contributed by atoms with Crippen LogP contribution in [0.25, 0.3) is 0 Å². The Morgan fingerprint density at radius 3 is 2.84 bits per heavy atom. The molecule has 2 aromatic rings. The molecule has 0 aliphatic carbocycles. The highest BCUT2D eigenvalue weighted by Crippen LogP contribution is 2.24. The van der Waals surface area contributed by atoms with Crippen LogP contribution in [0.15, 0.2) is 40.9 Å². The third-order valence-corrected chi connectivity index (χ3v) is 5.39. The molecule has 0 unspecified atom stereocenters. The Hall–Kier alpha value is -1.44. The number of anilines is 1. The Kier molecular flexibility index (Phi) is 4.18. The summed E-state index contributed by atoms with van der Waals surface area (Å²) in [5.74, 6) is 0. The van der Waals surface area contributed by atoms with Crippen molar-refractivity contribution < 1.29 is 8.42 Å². The summed E-state index contributed by atoms with van der Waals surface area (Å²) in [6, 6.07) is 5.47. The van der Waals surface area contributed by atoms with E-state index in [1.165, 1.54) is 21.8 Å². The molecule has 7 heteroatoms. The van der Waals surface area contributed by atoms with Crippen molar-refractivity contribution in [2.75, 3.05) is 19.4 Å². The van der Waals surface area contributed by atoms with Gasteiger partial charge in [-0.25, -0.2) is 8.42 Å². The first kappa shape index (κ1) is 14.0. The number of sulfonamides is 1. The van der Waals surface area contributed by atoms with Gasteiger partial charge in [0.05, 0.1) is 5.69 Å². The lowest BCUT2D eigenvalue weighted by Crippen LogP contribution is -2.26.